The molecule has 0 bridgehead atoms. The first-order chi connectivity index (χ1) is 7.65. The summed E-state index contributed by atoms with van der Waals surface area (Å²) in [6.07, 6.45) is 4.27. The SMILES string of the molecule is O=C(NC(CO)c1ccco1)C1(Br)CCC1. The molecule has 1 fully saturated rings. The molecule has 2 rings (SSSR count). The number of carbonyl (C=O) groups excluding carboxylic acids is 1. The van der Waals surface area contributed by atoms with Crippen molar-refractivity contribution in [2.75, 3.05) is 6.61 Å². The van der Waals surface area contributed by atoms with E-state index in [1.165, 1.54) is 6.26 Å². The zero-order chi connectivity index (χ0) is 11.6. The summed E-state index contributed by atoms with van der Waals surface area (Å²) in [4.78, 5) is 11.9. The minimum absolute atomic E-state index is 0.0748. The molecule has 0 spiro atoms. The smallest absolute Gasteiger partial charge is 0.237 e. The highest BCUT2D eigenvalue weighted by Crippen LogP contribution is 2.40. The summed E-state index contributed by atoms with van der Waals surface area (Å²) in [6, 6.07) is 3.01. The molecular formula is C11H14BrNO3. The molecule has 1 aliphatic carbocycles. The first-order valence-corrected chi connectivity index (χ1v) is 6.09. The van der Waals surface area contributed by atoms with E-state index in [1.807, 2.05) is 0 Å². The van der Waals surface area contributed by atoms with Crippen LogP contribution in [-0.2, 0) is 4.79 Å². The molecule has 1 aromatic heterocycles. The molecule has 0 saturated heterocycles. The zero-order valence-corrected chi connectivity index (χ0v) is 10.4. The van der Waals surface area contributed by atoms with Crippen molar-refractivity contribution in [3.63, 3.8) is 0 Å². The van der Waals surface area contributed by atoms with Gasteiger partial charge in [-0.2, -0.15) is 0 Å². The monoisotopic (exact) mass is 287 g/mol. The summed E-state index contributed by atoms with van der Waals surface area (Å²) in [6.45, 7) is -0.164. The number of aliphatic hydroxyl groups excluding tert-OH is 1. The largest absolute Gasteiger partial charge is 0.467 e. The Morgan fingerprint density at radius 2 is 2.44 bits per heavy atom. The molecule has 16 heavy (non-hydrogen) atoms. The first kappa shape index (κ1) is 11.7. The summed E-state index contributed by atoms with van der Waals surface area (Å²) in [5, 5.41) is 12.0. The van der Waals surface area contributed by atoms with Crippen LogP contribution in [0.4, 0.5) is 0 Å². The Kier molecular flexibility index (Phi) is 3.35. The van der Waals surface area contributed by atoms with Crippen LogP contribution in [0.25, 0.3) is 0 Å². The quantitative estimate of drug-likeness (QED) is 0.830. The number of hydrogen-bond donors (Lipinski definition) is 2. The number of nitrogens with one attached hydrogen (secondary N) is 1. The van der Waals surface area contributed by atoms with Crippen LogP contribution in [0, 0.1) is 0 Å². The highest BCUT2D eigenvalue weighted by Gasteiger charge is 2.42. The van der Waals surface area contributed by atoms with Gasteiger partial charge in [0.05, 0.1) is 12.9 Å². The first-order valence-electron chi connectivity index (χ1n) is 5.30. The molecule has 5 heteroatoms. The summed E-state index contributed by atoms with van der Waals surface area (Å²) in [5.41, 5.74) is 0. The summed E-state index contributed by atoms with van der Waals surface area (Å²) in [5.74, 6) is 0.500. The van der Waals surface area contributed by atoms with E-state index in [9.17, 15) is 9.90 Å². The van der Waals surface area contributed by atoms with Gasteiger partial charge in [-0.15, -0.1) is 0 Å². The molecule has 1 unspecified atom stereocenters. The van der Waals surface area contributed by atoms with E-state index in [-0.39, 0.29) is 12.5 Å². The number of aliphatic hydroxyl groups is 1. The van der Waals surface area contributed by atoms with Gasteiger partial charge in [0.1, 0.15) is 16.1 Å². The van der Waals surface area contributed by atoms with E-state index >= 15 is 0 Å². The second-order valence-corrected chi connectivity index (χ2v) is 5.56. The number of carbonyl (C=O) groups is 1. The number of hydrogen-bond acceptors (Lipinski definition) is 3. The number of furan rings is 1. The number of alkyl halides is 1. The maximum absolute atomic E-state index is 11.9. The highest BCUT2D eigenvalue weighted by molar-refractivity contribution is 9.10. The van der Waals surface area contributed by atoms with Crippen molar-refractivity contribution in [3.05, 3.63) is 24.2 Å². The fraction of sp³-hybridized carbons (Fsp3) is 0.545. The van der Waals surface area contributed by atoms with Crippen molar-refractivity contribution in [1.82, 2.24) is 5.32 Å². The van der Waals surface area contributed by atoms with Crippen molar-refractivity contribution >= 4 is 21.8 Å². The van der Waals surface area contributed by atoms with Gasteiger partial charge in [-0.1, -0.05) is 15.9 Å². The second-order valence-electron chi connectivity index (χ2n) is 4.04. The molecular weight excluding hydrogens is 274 g/mol. The van der Waals surface area contributed by atoms with Gasteiger partial charge >= 0.3 is 0 Å². The lowest BCUT2D eigenvalue weighted by Crippen LogP contribution is -2.48. The minimum atomic E-state index is -0.461. The van der Waals surface area contributed by atoms with Crippen LogP contribution in [0.3, 0.4) is 0 Å². The van der Waals surface area contributed by atoms with E-state index in [0.717, 1.165) is 19.3 Å². The van der Waals surface area contributed by atoms with Crippen molar-refractivity contribution in [2.45, 2.75) is 29.6 Å². The van der Waals surface area contributed by atoms with E-state index in [1.54, 1.807) is 12.1 Å². The van der Waals surface area contributed by atoms with Crippen LogP contribution in [-0.4, -0.2) is 21.9 Å². The predicted octanol–water partition coefficient (Wildman–Crippen LogP) is 1.75. The molecule has 88 valence electrons. The lowest BCUT2D eigenvalue weighted by atomic mass is 9.84. The van der Waals surface area contributed by atoms with Gasteiger partial charge in [0, 0.05) is 0 Å². The standard InChI is InChI=1S/C11H14BrNO3/c12-11(4-2-5-11)10(15)13-8(7-14)9-3-1-6-16-9/h1,3,6,8,14H,2,4-5,7H2,(H,13,15). The molecule has 0 radical (unpaired) electrons. The molecule has 4 nitrogen and oxygen atoms in total. The van der Waals surface area contributed by atoms with Gasteiger partial charge in [-0.25, -0.2) is 0 Å². The van der Waals surface area contributed by atoms with Crippen molar-refractivity contribution in [1.29, 1.82) is 0 Å². The van der Waals surface area contributed by atoms with Crippen molar-refractivity contribution < 1.29 is 14.3 Å². The fourth-order valence-electron chi connectivity index (χ4n) is 1.70. The average Bonchev–Trinajstić information content (AvgIpc) is 2.75. The minimum Gasteiger partial charge on any atom is -0.467 e. The van der Waals surface area contributed by atoms with E-state index < -0.39 is 10.4 Å². The van der Waals surface area contributed by atoms with Crippen LogP contribution in [0.1, 0.15) is 31.1 Å². The van der Waals surface area contributed by atoms with Gasteiger partial charge in [0.25, 0.3) is 0 Å². The molecule has 1 aromatic rings. The summed E-state index contributed by atoms with van der Waals surface area (Å²) < 4.78 is 4.72. The molecule has 1 aliphatic rings. The van der Waals surface area contributed by atoms with Gasteiger partial charge < -0.3 is 14.8 Å². The molecule has 2 N–H and O–H groups in total. The molecule has 1 heterocycles. The van der Waals surface area contributed by atoms with Gasteiger partial charge in [-0.3, -0.25) is 4.79 Å². The topological polar surface area (TPSA) is 62.5 Å². The summed E-state index contributed by atoms with van der Waals surface area (Å²) >= 11 is 3.43. The Hall–Kier alpha value is -0.810. The zero-order valence-electron chi connectivity index (χ0n) is 8.78. The summed E-state index contributed by atoms with van der Waals surface area (Å²) in [7, 11) is 0. The third-order valence-electron chi connectivity index (χ3n) is 2.93. The van der Waals surface area contributed by atoms with Gasteiger partial charge in [0.15, 0.2) is 0 Å². The second kappa shape index (κ2) is 4.59. The van der Waals surface area contributed by atoms with Crippen LogP contribution < -0.4 is 5.32 Å². The Morgan fingerprint density at radius 3 is 2.88 bits per heavy atom. The lowest BCUT2D eigenvalue weighted by molar-refractivity contribution is -0.126. The third-order valence-corrected chi connectivity index (χ3v) is 4.08. The normalized spacial score (nSPS) is 19.9. The lowest BCUT2D eigenvalue weighted by Gasteiger charge is -2.35. The van der Waals surface area contributed by atoms with Gasteiger partial charge in [0.2, 0.25) is 5.91 Å². The van der Waals surface area contributed by atoms with Crippen LogP contribution in [0.15, 0.2) is 22.8 Å². The van der Waals surface area contributed by atoms with E-state index in [2.05, 4.69) is 21.2 Å². The number of rotatable bonds is 4. The van der Waals surface area contributed by atoms with Crippen LogP contribution in [0.2, 0.25) is 0 Å². The maximum atomic E-state index is 11.9. The molecule has 0 aliphatic heterocycles. The Labute approximate surface area is 102 Å². The number of amides is 1. The molecule has 1 amide bonds. The molecule has 1 saturated carbocycles. The van der Waals surface area contributed by atoms with E-state index in [4.69, 9.17) is 4.42 Å². The van der Waals surface area contributed by atoms with E-state index in [0.29, 0.717) is 5.76 Å². The van der Waals surface area contributed by atoms with Crippen LogP contribution in [0.5, 0.6) is 0 Å². The fourth-order valence-corrected chi connectivity index (χ4v) is 2.37. The predicted molar refractivity (Wildman–Crippen MR) is 62.2 cm³/mol. The Bertz CT molecular complexity index is 359. The van der Waals surface area contributed by atoms with Gasteiger partial charge in [-0.05, 0) is 31.4 Å². The van der Waals surface area contributed by atoms with Crippen molar-refractivity contribution in [3.8, 4) is 0 Å². The highest BCUT2D eigenvalue weighted by atomic mass is 79.9. The third kappa shape index (κ3) is 2.15. The maximum Gasteiger partial charge on any atom is 0.237 e. The Morgan fingerprint density at radius 1 is 1.69 bits per heavy atom. The number of halogens is 1. The molecule has 1 atom stereocenters. The van der Waals surface area contributed by atoms with Crippen LogP contribution >= 0.6 is 15.9 Å². The van der Waals surface area contributed by atoms with Crippen molar-refractivity contribution in [2.24, 2.45) is 0 Å². The Balaban J connectivity index is 1.99. The average molecular weight is 288 g/mol. The molecule has 0 aromatic carbocycles.